The van der Waals surface area contributed by atoms with Gasteiger partial charge in [0.1, 0.15) is 7.11 Å². The van der Waals surface area contributed by atoms with Crippen LogP contribution in [-0.2, 0) is 12.8 Å². The Balaban J connectivity index is 2.36. The first kappa shape index (κ1) is 12.3. The SMILES string of the molecule is COn1c2c(c3ccccc3c1=O)CCCCCC2. The predicted octanol–water partition coefficient (Wildman–Crippen LogP) is 2.72. The minimum Gasteiger partial charge on any atom is -0.414 e. The minimum atomic E-state index is -0.0302. The fraction of sp³-hybridized carbons (Fsp3) is 0.438. The largest absolute Gasteiger partial charge is 0.414 e. The maximum Gasteiger partial charge on any atom is 0.291 e. The number of aromatic nitrogens is 1. The summed E-state index contributed by atoms with van der Waals surface area (Å²) in [5, 5.41) is 1.88. The highest BCUT2D eigenvalue weighted by Crippen LogP contribution is 2.25. The topological polar surface area (TPSA) is 31.2 Å². The quantitative estimate of drug-likeness (QED) is 0.786. The minimum absolute atomic E-state index is 0.0302. The van der Waals surface area contributed by atoms with Gasteiger partial charge in [-0.25, -0.2) is 0 Å². The van der Waals surface area contributed by atoms with Crippen LogP contribution in [0.5, 0.6) is 0 Å². The summed E-state index contributed by atoms with van der Waals surface area (Å²) >= 11 is 0. The van der Waals surface area contributed by atoms with Gasteiger partial charge < -0.3 is 4.84 Å². The molecule has 0 aliphatic heterocycles. The molecule has 1 heterocycles. The number of fused-ring (bicyclic) bond motifs is 3. The van der Waals surface area contributed by atoms with Crippen molar-refractivity contribution in [3.8, 4) is 0 Å². The highest BCUT2D eigenvalue weighted by atomic mass is 16.6. The van der Waals surface area contributed by atoms with Crippen LogP contribution in [0.15, 0.2) is 29.1 Å². The van der Waals surface area contributed by atoms with Gasteiger partial charge in [-0.05, 0) is 42.7 Å². The molecule has 1 aromatic carbocycles. The molecule has 100 valence electrons. The fourth-order valence-electron chi connectivity index (χ4n) is 3.12. The molecule has 3 heteroatoms. The smallest absolute Gasteiger partial charge is 0.291 e. The summed E-state index contributed by atoms with van der Waals surface area (Å²) in [6.45, 7) is 0. The Morgan fingerprint density at radius 2 is 1.68 bits per heavy atom. The first-order valence-corrected chi connectivity index (χ1v) is 7.03. The van der Waals surface area contributed by atoms with Gasteiger partial charge in [0, 0.05) is 0 Å². The molecule has 0 amide bonds. The molecule has 0 saturated heterocycles. The summed E-state index contributed by atoms with van der Waals surface area (Å²) in [5.74, 6) is 0. The van der Waals surface area contributed by atoms with Crippen molar-refractivity contribution in [1.82, 2.24) is 4.73 Å². The zero-order chi connectivity index (χ0) is 13.2. The molecule has 3 rings (SSSR count). The lowest BCUT2D eigenvalue weighted by Gasteiger charge is -2.20. The van der Waals surface area contributed by atoms with Crippen molar-refractivity contribution < 1.29 is 4.84 Å². The Bertz CT molecular complexity index is 658. The maximum atomic E-state index is 12.5. The predicted molar refractivity (Wildman–Crippen MR) is 76.6 cm³/mol. The van der Waals surface area contributed by atoms with Crippen molar-refractivity contribution in [1.29, 1.82) is 0 Å². The van der Waals surface area contributed by atoms with Gasteiger partial charge in [0.15, 0.2) is 0 Å². The maximum absolute atomic E-state index is 12.5. The molecular formula is C16H19NO2. The lowest BCUT2D eigenvalue weighted by atomic mass is 9.93. The monoisotopic (exact) mass is 257 g/mol. The van der Waals surface area contributed by atoms with Crippen LogP contribution in [0.1, 0.15) is 36.9 Å². The third kappa shape index (κ3) is 2.03. The Morgan fingerprint density at radius 3 is 2.42 bits per heavy atom. The van der Waals surface area contributed by atoms with Gasteiger partial charge in [-0.2, -0.15) is 0 Å². The van der Waals surface area contributed by atoms with Crippen molar-refractivity contribution in [2.24, 2.45) is 0 Å². The molecule has 0 unspecified atom stereocenters. The van der Waals surface area contributed by atoms with Gasteiger partial charge in [0.2, 0.25) is 0 Å². The number of hydrogen-bond donors (Lipinski definition) is 0. The molecule has 0 saturated carbocycles. The number of pyridine rings is 1. The summed E-state index contributed by atoms with van der Waals surface area (Å²) in [6, 6.07) is 7.89. The summed E-state index contributed by atoms with van der Waals surface area (Å²) in [5.41, 5.74) is 2.35. The van der Waals surface area contributed by atoms with Gasteiger partial charge in [-0.3, -0.25) is 4.79 Å². The molecule has 0 N–H and O–H groups in total. The molecule has 0 radical (unpaired) electrons. The molecule has 1 aliphatic rings. The summed E-state index contributed by atoms with van der Waals surface area (Å²) in [4.78, 5) is 17.8. The molecule has 2 aromatic rings. The zero-order valence-electron chi connectivity index (χ0n) is 11.3. The molecule has 1 aromatic heterocycles. The fourth-order valence-corrected chi connectivity index (χ4v) is 3.12. The van der Waals surface area contributed by atoms with Crippen LogP contribution in [0.3, 0.4) is 0 Å². The van der Waals surface area contributed by atoms with Crippen molar-refractivity contribution in [2.75, 3.05) is 7.11 Å². The van der Waals surface area contributed by atoms with Crippen molar-refractivity contribution in [3.63, 3.8) is 0 Å². The van der Waals surface area contributed by atoms with Crippen LogP contribution in [-0.4, -0.2) is 11.8 Å². The van der Waals surface area contributed by atoms with Gasteiger partial charge in [0.25, 0.3) is 5.56 Å². The van der Waals surface area contributed by atoms with Crippen LogP contribution in [0.4, 0.5) is 0 Å². The average molecular weight is 257 g/mol. The Morgan fingerprint density at radius 1 is 1.00 bits per heavy atom. The van der Waals surface area contributed by atoms with Gasteiger partial charge in [-0.1, -0.05) is 31.0 Å². The molecule has 0 bridgehead atoms. The van der Waals surface area contributed by atoms with Gasteiger partial charge in [0.05, 0.1) is 11.1 Å². The second-order valence-corrected chi connectivity index (χ2v) is 5.17. The van der Waals surface area contributed by atoms with Gasteiger partial charge >= 0.3 is 0 Å². The number of aryl methyl sites for hydroxylation is 1. The lowest BCUT2D eigenvalue weighted by molar-refractivity contribution is 0.148. The van der Waals surface area contributed by atoms with Gasteiger partial charge in [-0.15, -0.1) is 4.73 Å². The van der Waals surface area contributed by atoms with E-state index in [-0.39, 0.29) is 5.56 Å². The van der Waals surface area contributed by atoms with Crippen LogP contribution in [0, 0.1) is 0 Å². The first-order valence-electron chi connectivity index (χ1n) is 7.03. The number of benzene rings is 1. The Hall–Kier alpha value is -1.77. The summed E-state index contributed by atoms with van der Waals surface area (Å²) in [6.07, 6.45) is 6.82. The third-order valence-electron chi connectivity index (χ3n) is 4.03. The standard InChI is InChI=1S/C16H19NO2/c1-19-17-15-11-5-3-2-4-9-13(15)12-8-6-7-10-14(12)16(17)18/h6-8,10H,2-5,9,11H2,1H3. The number of nitrogens with zero attached hydrogens (tertiary/aromatic N) is 1. The number of hydrogen-bond acceptors (Lipinski definition) is 2. The molecule has 19 heavy (non-hydrogen) atoms. The van der Waals surface area contributed by atoms with E-state index in [1.807, 2.05) is 18.2 Å². The normalized spacial score (nSPS) is 15.6. The van der Waals surface area contributed by atoms with Crippen LogP contribution in [0.25, 0.3) is 10.8 Å². The summed E-state index contributed by atoms with van der Waals surface area (Å²) < 4.78 is 1.50. The zero-order valence-corrected chi connectivity index (χ0v) is 11.3. The van der Waals surface area contributed by atoms with E-state index in [4.69, 9.17) is 4.84 Å². The van der Waals surface area contributed by atoms with Crippen molar-refractivity contribution in [3.05, 3.63) is 45.9 Å². The van der Waals surface area contributed by atoms with E-state index in [0.717, 1.165) is 35.7 Å². The van der Waals surface area contributed by atoms with Crippen molar-refractivity contribution in [2.45, 2.75) is 38.5 Å². The second-order valence-electron chi connectivity index (χ2n) is 5.17. The van der Waals surface area contributed by atoms with Crippen molar-refractivity contribution >= 4 is 10.8 Å². The summed E-state index contributed by atoms with van der Waals surface area (Å²) in [7, 11) is 1.58. The highest BCUT2D eigenvalue weighted by molar-refractivity contribution is 5.85. The first-order chi connectivity index (χ1) is 9.33. The van der Waals surface area contributed by atoms with E-state index in [0.29, 0.717) is 0 Å². The number of rotatable bonds is 1. The van der Waals surface area contributed by atoms with E-state index in [1.54, 1.807) is 7.11 Å². The molecular weight excluding hydrogens is 238 g/mol. The molecule has 0 atom stereocenters. The molecule has 1 aliphatic carbocycles. The van der Waals surface area contributed by atoms with Crippen LogP contribution >= 0.6 is 0 Å². The lowest BCUT2D eigenvalue weighted by Crippen LogP contribution is -2.30. The van der Waals surface area contributed by atoms with Crippen LogP contribution in [0.2, 0.25) is 0 Å². The van der Waals surface area contributed by atoms with E-state index in [9.17, 15) is 4.79 Å². The highest BCUT2D eigenvalue weighted by Gasteiger charge is 2.17. The molecule has 0 spiro atoms. The van der Waals surface area contributed by atoms with E-state index in [1.165, 1.54) is 29.6 Å². The second kappa shape index (κ2) is 5.08. The van der Waals surface area contributed by atoms with Crippen LogP contribution < -0.4 is 10.4 Å². The van der Waals surface area contributed by atoms with E-state index < -0.39 is 0 Å². The molecule has 3 nitrogen and oxygen atoms in total. The third-order valence-corrected chi connectivity index (χ3v) is 4.03. The Labute approximate surface area is 112 Å². The van der Waals surface area contributed by atoms with E-state index in [2.05, 4.69) is 6.07 Å². The average Bonchev–Trinajstić information content (AvgIpc) is 2.41. The van der Waals surface area contributed by atoms with E-state index >= 15 is 0 Å². The molecule has 0 fully saturated rings. The Kier molecular flexibility index (Phi) is 3.28.